The molecular formula is C18H25N7O3. The standard InChI is InChI=1S/C18H25N7O3/c1-27-16-4-5-20-18(22-16)25-8-14-7-23(9-15(25)11-28-10-14)17(26)3-2-6-24-13-19-12-21-24/h4-5,12-15H,2-3,6-11H2,1H3/t14-,15-/m0/s1. The fraction of sp³-hybridized carbons (Fsp3) is 0.611. The number of anilines is 1. The van der Waals surface area contributed by atoms with Crippen LogP contribution in [0.15, 0.2) is 24.9 Å². The zero-order chi connectivity index (χ0) is 19.3. The van der Waals surface area contributed by atoms with Crippen LogP contribution in [0.3, 0.4) is 0 Å². The topological polar surface area (TPSA) is 98.5 Å². The third-order valence-electron chi connectivity index (χ3n) is 5.15. The third-order valence-corrected chi connectivity index (χ3v) is 5.15. The van der Waals surface area contributed by atoms with E-state index in [2.05, 4.69) is 25.0 Å². The molecule has 0 N–H and O–H groups in total. The number of methoxy groups -OCH3 is 1. The molecule has 2 aromatic rings. The van der Waals surface area contributed by atoms with E-state index < -0.39 is 0 Å². The minimum atomic E-state index is 0.0267. The minimum Gasteiger partial charge on any atom is -0.481 e. The maximum atomic E-state index is 12.8. The van der Waals surface area contributed by atoms with E-state index >= 15 is 0 Å². The SMILES string of the molecule is COc1ccnc(N2C[C@H]3COC[C@@H]2CN(C(=O)CCCn2cncn2)C3)n1. The molecule has 2 aliphatic heterocycles. The first-order valence-corrected chi connectivity index (χ1v) is 9.54. The summed E-state index contributed by atoms with van der Waals surface area (Å²) in [6.07, 6.45) is 6.12. The summed E-state index contributed by atoms with van der Waals surface area (Å²) >= 11 is 0. The number of amides is 1. The highest BCUT2D eigenvalue weighted by atomic mass is 16.5. The van der Waals surface area contributed by atoms with Crippen LogP contribution in [0, 0.1) is 5.92 Å². The van der Waals surface area contributed by atoms with E-state index in [1.54, 1.807) is 30.4 Å². The Morgan fingerprint density at radius 1 is 1.32 bits per heavy atom. The second kappa shape index (κ2) is 8.51. The molecule has 2 atom stereocenters. The average molecular weight is 387 g/mol. The first kappa shape index (κ1) is 18.6. The molecule has 28 heavy (non-hydrogen) atoms. The van der Waals surface area contributed by atoms with Gasteiger partial charge in [-0.25, -0.2) is 9.97 Å². The molecule has 0 aromatic carbocycles. The van der Waals surface area contributed by atoms with Gasteiger partial charge < -0.3 is 19.3 Å². The van der Waals surface area contributed by atoms with Crippen molar-refractivity contribution in [3.05, 3.63) is 24.9 Å². The number of hydrogen-bond donors (Lipinski definition) is 0. The number of hydrogen-bond acceptors (Lipinski definition) is 8. The highest BCUT2D eigenvalue weighted by Gasteiger charge is 2.36. The summed E-state index contributed by atoms with van der Waals surface area (Å²) in [6.45, 7) is 3.96. The Morgan fingerprint density at radius 2 is 2.25 bits per heavy atom. The van der Waals surface area contributed by atoms with Crippen molar-refractivity contribution in [3.63, 3.8) is 0 Å². The Hall–Kier alpha value is -2.75. The summed E-state index contributed by atoms with van der Waals surface area (Å²) in [6, 6.07) is 1.76. The number of ether oxygens (including phenoxy) is 2. The van der Waals surface area contributed by atoms with Crippen LogP contribution in [-0.4, -0.2) is 81.5 Å². The summed E-state index contributed by atoms with van der Waals surface area (Å²) in [5.74, 6) is 1.55. The molecule has 10 nitrogen and oxygen atoms in total. The molecule has 0 saturated carbocycles. The number of aryl methyl sites for hydroxylation is 1. The molecule has 0 unspecified atom stereocenters. The quantitative estimate of drug-likeness (QED) is 0.694. The van der Waals surface area contributed by atoms with Gasteiger partial charge in [0.05, 0.1) is 26.4 Å². The molecule has 2 aromatic heterocycles. The highest BCUT2D eigenvalue weighted by Crippen LogP contribution is 2.25. The van der Waals surface area contributed by atoms with Gasteiger partial charge in [0, 0.05) is 50.8 Å². The summed E-state index contributed by atoms with van der Waals surface area (Å²) in [4.78, 5) is 29.8. The number of fused-ring (bicyclic) bond motifs is 3. The van der Waals surface area contributed by atoms with Crippen LogP contribution in [0.1, 0.15) is 12.8 Å². The zero-order valence-corrected chi connectivity index (χ0v) is 16.0. The van der Waals surface area contributed by atoms with Gasteiger partial charge in [-0.1, -0.05) is 0 Å². The maximum absolute atomic E-state index is 12.8. The first-order chi connectivity index (χ1) is 13.7. The lowest BCUT2D eigenvalue weighted by Crippen LogP contribution is -2.46. The molecule has 2 saturated heterocycles. The third kappa shape index (κ3) is 4.22. The molecule has 2 fully saturated rings. The lowest BCUT2D eigenvalue weighted by atomic mass is 10.1. The van der Waals surface area contributed by atoms with Crippen LogP contribution >= 0.6 is 0 Å². The lowest BCUT2D eigenvalue weighted by molar-refractivity contribution is -0.133. The summed E-state index contributed by atoms with van der Waals surface area (Å²) in [5, 5.41) is 4.08. The molecule has 4 rings (SSSR count). The Morgan fingerprint density at radius 3 is 3.07 bits per heavy atom. The molecule has 1 amide bonds. The first-order valence-electron chi connectivity index (χ1n) is 9.54. The molecule has 2 bridgehead atoms. The van der Waals surface area contributed by atoms with Crippen LogP contribution in [0.25, 0.3) is 0 Å². The molecular weight excluding hydrogens is 362 g/mol. The maximum Gasteiger partial charge on any atom is 0.229 e. The Balaban J connectivity index is 1.42. The van der Waals surface area contributed by atoms with E-state index in [0.717, 1.165) is 13.0 Å². The normalized spacial score (nSPS) is 22.0. The van der Waals surface area contributed by atoms with Crippen molar-refractivity contribution >= 4 is 11.9 Å². The monoisotopic (exact) mass is 387 g/mol. The van der Waals surface area contributed by atoms with Gasteiger partial charge in [0.2, 0.25) is 17.7 Å². The molecule has 2 aliphatic rings. The second-order valence-corrected chi connectivity index (χ2v) is 7.17. The van der Waals surface area contributed by atoms with E-state index in [0.29, 0.717) is 51.1 Å². The van der Waals surface area contributed by atoms with Gasteiger partial charge >= 0.3 is 0 Å². The van der Waals surface area contributed by atoms with Crippen molar-refractivity contribution < 1.29 is 14.3 Å². The van der Waals surface area contributed by atoms with Crippen molar-refractivity contribution in [1.82, 2.24) is 29.6 Å². The van der Waals surface area contributed by atoms with Crippen molar-refractivity contribution in [2.24, 2.45) is 5.92 Å². The smallest absolute Gasteiger partial charge is 0.229 e. The predicted octanol–water partition coefficient (Wildman–Crippen LogP) is 0.221. The van der Waals surface area contributed by atoms with Gasteiger partial charge in [0.25, 0.3) is 0 Å². The summed E-state index contributed by atoms with van der Waals surface area (Å²) in [5.41, 5.74) is 0. The fourth-order valence-corrected chi connectivity index (χ4v) is 3.77. The fourth-order valence-electron chi connectivity index (χ4n) is 3.77. The van der Waals surface area contributed by atoms with E-state index in [4.69, 9.17) is 9.47 Å². The summed E-state index contributed by atoms with van der Waals surface area (Å²) < 4.78 is 12.8. The molecule has 4 heterocycles. The Bertz CT molecular complexity index is 785. The van der Waals surface area contributed by atoms with E-state index in [-0.39, 0.29) is 17.9 Å². The minimum absolute atomic E-state index is 0.0267. The van der Waals surface area contributed by atoms with Gasteiger partial charge in [0.1, 0.15) is 12.7 Å². The Kier molecular flexibility index (Phi) is 5.65. The Labute approximate surface area is 163 Å². The van der Waals surface area contributed by atoms with Crippen LogP contribution in [0.2, 0.25) is 0 Å². The van der Waals surface area contributed by atoms with Gasteiger partial charge in [-0.15, -0.1) is 0 Å². The van der Waals surface area contributed by atoms with E-state index in [1.807, 2.05) is 4.90 Å². The lowest BCUT2D eigenvalue weighted by Gasteiger charge is -2.31. The number of rotatable bonds is 6. The van der Waals surface area contributed by atoms with Crippen LogP contribution < -0.4 is 9.64 Å². The van der Waals surface area contributed by atoms with Gasteiger partial charge in [-0.3, -0.25) is 9.48 Å². The summed E-state index contributed by atoms with van der Waals surface area (Å²) in [7, 11) is 1.59. The molecule has 0 spiro atoms. The highest BCUT2D eigenvalue weighted by molar-refractivity contribution is 5.76. The number of carbonyl (C=O) groups is 1. The van der Waals surface area contributed by atoms with Crippen molar-refractivity contribution in [2.45, 2.75) is 25.4 Å². The number of carbonyl (C=O) groups excluding carboxylic acids is 1. The number of aromatic nitrogens is 5. The van der Waals surface area contributed by atoms with Crippen LogP contribution in [0.4, 0.5) is 5.95 Å². The van der Waals surface area contributed by atoms with Crippen molar-refractivity contribution in [2.75, 3.05) is 44.9 Å². The van der Waals surface area contributed by atoms with Gasteiger partial charge in [-0.05, 0) is 6.42 Å². The predicted molar refractivity (Wildman–Crippen MR) is 99.9 cm³/mol. The van der Waals surface area contributed by atoms with Crippen molar-refractivity contribution in [3.8, 4) is 5.88 Å². The number of nitrogens with zero attached hydrogens (tertiary/aromatic N) is 7. The van der Waals surface area contributed by atoms with E-state index in [1.165, 1.54) is 6.33 Å². The largest absolute Gasteiger partial charge is 0.481 e. The van der Waals surface area contributed by atoms with Crippen LogP contribution in [-0.2, 0) is 16.1 Å². The molecule has 150 valence electrons. The zero-order valence-electron chi connectivity index (χ0n) is 16.0. The average Bonchev–Trinajstić information content (AvgIpc) is 3.04. The van der Waals surface area contributed by atoms with E-state index in [9.17, 15) is 4.79 Å². The molecule has 10 heteroatoms. The molecule has 0 radical (unpaired) electrons. The molecule has 0 aliphatic carbocycles. The van der Waals surface area contributed by atoms with Crippen LogP contribution in [0.5, 0.6) is 5.88 Å². The van der Waals surface area contributed by atoms with Gasteiger partial charge in [0.15, 0.2) is 0 Å². The second-order valence-electron chi connectivity index (χ2n) is 7.17. The van der Waals surface area contributed by atoms with Gasteiger partial charge in [-0.2, -0.15) is 10.1 Å². The van der Waals surface area contributed by atoms with Crippen molar-refractivity contribution in [1.29, 1.82) is 0 Å².